The molecule has 0 amide bonds. The highest BCUT2D eigenvalue weighted by atomic mass is 15.0. The molecule has 20 heavy (non-hydrogen) atoms. The number of nitrogens with two attached hydrogens (primary N) is 1. The van der Waals surface area contributed by atoms with Gasteiger partial charge in [-0.1, -0.05) is 13.0 Å². The average molecular weight is 269 g/mol. The molecule has 0 aliphatic rings. The van der Waals surface area contributed by atoms with Crippen LogP contribution in [0.4, 0.5) is 0 Å². The molecule has 0 aliphatic carbocycles. The molecule has 2 aromatic heterocycles. The Bertz CT molecular complexity index is 753. The Hall–Kier alpha value is -2.14. The number of fused-ring (bicyclic) bond motifs is 1. The molecule has 0 saturated carbocycles. The van der Waals surface area contributed by atoms with Crippen LogP contribution in [0.25, 0.3) is 22.3 Å². The van der Waals surface area contributed by atoms with Gasteiger partial charge in [-0.2, -0.15) is 0 Å². The lowest BCUT2D eigenvalue weighted by molar-refractivity contribution is 0.725. The van der Waals surface area contributed by atoms with E-state index in [-0.39, 0.29) is 5.92 Å². The first-order valence-corrected chi connectivity index (χ1v) is 6.78. The molecule has 0 spiro atoms. The summed E-state index contributed by atoms with van der Waals surface area (Å²) < 4.78 is 2.09. The number of rotatable bonds is 3. The van der Waals surface area contributed by atoms with Crippen molar-refractivity contribution in [2.75, 3.05) is 6.54 Å². The van der Waals surface area contributed by atoms with Gasteiger partial charge in [0.15, 0.2) is 0 Å². The van der Waals surface area contributed by atoms with Crippen LogP contribution in [-0.2, 0) is 7.05 Å². The molecular formula is C15H19N5. The zero-order valence-electron chi connectivity index (χ0n) is 12.0. The van der Waals surface area contributed by atoms with Gasteiger partial charge in [0, 0.05) is 25.1 Å². The normalized spacial score (nSPS) is 13.0. The zero-order valence-corrected chi connectivity index (χ0v) is 12.0. The van der Waals surface area contributed by atoms with Gasteiger partial charge in [0.05, 0.1) is 22.9 Å². The Balaban J connectivity index is 2.03. The van der Waals surface area contributed by atoms with Crippen LogP contribution in [0.15, 0.2) is 24.4 Å². The van der Waals surface area contributed by atoms with Crippen LogP contribution in [-0.4, -0.2) is 26.1 Å². The van der Waals surface area contributed by atoms with Crippen molar-refractivity contribution in [2.24, 2.45) is 12.8 Å². The van der Waals surface area contributed by atoms with Crippen LogP contribution in [0.2, 0.25) is 0 Å². The minimum atomic E-state index is 0.240. The van der Waals surface area contributed by atoms with E-state index < -0.39 is 0 Å². The molecule has 5 heteroatoms. The van der Waals surface area contributed by atoms with Crippen LogP contribution < -0.4 is 5.73 Å². The minimum absolute atomic E-state index is 0.240. The van der Waals surface area contributed by atoms with E-state index in [1.165, 1.54) is 0 Å². The average Bonchev–Trinajstić information content (AvgIpc) is 3.04. The first-order chi connectivity index (χ1) is 9.60. The summed E-state index contributed by atoms with van der Waals surface area (Å²) in [6.07, 6.45) is 1.86. The molecule has 104 valence electrons. The molecule has 0 aliphatic heterocycles. The predicted octanol–water partition coefficient (Wildman–Crippen LogP) is 2.33. The first kappa shape index (κ1) is 12.9. The van der Waals surface area contributed by atoms with Crippen molar-refractivity contribution in [3.8, 4) is 11.3 Å². The second-order valence-corrected chi connectivity index (χ2v) is 5.24. The predicted molar refractivity (Wildman–Crippen MR) is 80.5 cm³/mol. The topological polar surface area (TPSA) is 72.5 Å². The van der Waals surface area contributed by atoms with Crippen molar-refractivity contribution in [1.29, 1.82) is 0 Å². The molecule has 3 rings (SSSR count). The highest BCUT2D eigenvalue weighted by molar-refractivity contribution is 5.81. The van der Waals surface area contributed by atoms with E-state index in [0.29, 0.717) is 6.54 Å². The smallest absolute Gasteiger partial charge is 0.110 e. The van der Waals surface area contributed by atoms with Crippen molar-refractivity contribution in [1.82, 2.24) is 19.5 Å². The molecular weight excluding hydrogens is 250 g/mol. The Morgan fingerprint density at radius 3 is 2.95 bits per heavy atom. The summed E-state index contributed by atoms with van der Waals surface area (Å²) >= 11 is 0. The lowest BCUT2D eigenvalue weighted by Crippen LogP contribution is -2.10. The van der Waals surface area contributed by atoms with Gasteiger partial charge in [0.2, 0.25) is 0 Å². The van der Waals surface area contributed by atoms with Crippen molar-refractivity contribution < 1.29 is 0 Å². The number of hydrogen-bond acceptors (Lipinski definition) is 3. The molecule has 3 aromatic rings. The summed E-state index contributed by atoms with van der Waals surface area (Å²) in [6, 6.07) is 6.28. The summed E-state index contributed by atoms with van der Waals surface area (Å²) in [5.41, 5.74) is 9.92. The highest BCUT2D eigenvalue weighted by Crippen LogP contribution is 2.24. The Morgan fingerprint density at radius 1 is 1.40 bits per heavy atom. The van der Waals surface area contributed by atoms with E-state index in [0.717, 1.165) is 33.9 Å². The molecule has 0 radical (unpaired) electrons. The third-order valence-electron chi connectivity index (χ3n) is 3.83. The molecule has 1 atom stereocenters. The number of nitrogens with zero attached hydrogens (tertiary/aromatic N) is 3. The van der Waals surface area contributed by atoms with Gasteiger partial charge in [0.1, 0.15) is 11.6 Å². The van der Waals surface area contributed by atoms with E-state index in [9.17, 15) is 0 Å². The summed E-state index contributed by atoms with van der Waals surface area (Å²) in [4.78, 5) is 12.3. The van der Waals surface area contributed by atoms with Crippen molar-refractivity contribution in [3.05, 3.63) is 36.0 Å². The minimum Gasteiger partial charge on any atom is -0.342 e. The molecule has 1 aromatic carbocycles. The summed E-state index contributed by atoms with van der Waals surface area (Å²) in [6.45, 7) is 4.66. The second-order valence-electron chi connectivity index (χ2n) is 5.24. The fraction of sp³-hybridized carbons (Fsp3) is 0.333. The van der Waals surface area contributed by atoms with Gasteiger partial charge < -0.3 is 15.3 Å². The number of hydrogen-bond donors (Lipinski definition) is 2. The van der Waals surface area contributed by atoms with Gasteiger partial charge in [-0.15, -0.1) is 0 Å². The van der Waals surface area contributed by atoms with Gasteiger partial charge in [-0.05, 0) is 19.1 Å². The van der Waals surface area contributed by atoms with Gasteiger partial charge >= 0.3 is 0 Å². The quantitative estimate of drug-likeness (QED) is 0.766. The van der Waals surface area contributed by atoms with Crippen LogP contribution in [0.5, 0.6) is 0 Å². The lowest BCUT2D eigenvalue weighted by Gasteiger charge is -2.03. The number of aromatic nitrogens is 4. The van der Waals surface area contributed by atoms with Crippen molar-refractivity contribution in [2.45, 2.75) is 19.8 Å². The van der Waals surface area contributed by atoms with Gasteiger partial charge in [0.25, 0.3) is 0 Å². The van der Waals surface area contributed by atoms with E-state index in [2.05, 4.69) is 44.6 Å². The molecule has 0 fully saturated rings. The molecule has 5 nitrogen and oxygen atoms in total. The fourth-order valence-corrected chi connectivity index (χ4v) is 2.33. The summed E-state index contributed by atoms with van der Waals surface area (Å²) in [5, 5.41) is 0. The number of aryl methyl sites for hydroxylation is 2. The van der Waals surface area contributed by atoms with Crippen LogP contribution in [0.1, 0.15) is 24.5 Å². The van der Waals surface area contributed by atoms with E-state index in [4.69, 9.17) is 5.73 Å². The largest absolute Gasteiger partial charge is 0.342 e. The Kier molecular flexibility index (Phi) is 3.06. The van der Waals surface area contributed by atoms with Crippen LogP contribution in [0, 0.1) is 6.92 Å². The molecule has 0 bridgehead atoms. The Morgan fingerprint density at radius 2 is 2.20 bits per heavy atom. The van der Waals surface area contributed by atoms with E-state index in [1.807, 2.05) is 20.2 Å². The monoisotopic (exact) mass is 269 g/mol. The summed E-state index contributed by atoms with van der Waals surface area (Å²) in [5.74, 6) is 2.18. The number of nitrogens with one attached hydrogen (secondary N) is 1. The SMILES string of the molecule is Cc1nc2cc(-c3cnc(C(C)CN)[nH]3)ccc2n1C. The second kappa shape index (κ2) is 4.76. The van der Waals surface area contributed by atoms with Gasteiger partial charge in [-0.3, -0.25) is 0 Å². The first-order valence-electron chi connectivity index (χ1n) is 6.78. The molecule has 3 N–H and O–H groups in total. The fourth-order valence-electron chi connectivity index (χ4n) is 2.33. The van der Waals surface area contributed by atoms with E-state index >= 15 is 0 Å². The third kappa shape index (κ3) is 2.00. The zero-order chi connectivity index (χ0) is 14.3. The van der Waals surface area contributed by atoms with Crippen molar-refractivity contribution in [3.63, 3.8) is 0 Å². The van der Waals surface area contributed by atoms with Crippen LogP contribution >= 0.6 is 0 Å². The number of H-pyrrole nitrogens is 1. The number of benzene rings is 1. The highest BCUT2D eigenvalue weighted by Gasteiger charge is 2.10. The molecule has 2 heterocycles. The maximum Gasteiger partial charge on any atom is 0.110 e. The molecule has 0 saturated heterocycles. The Labute approximate surface area is 117 Å². The van der Waals surface area contributed by atoms with E-state index in [1.54, 1.807) is 0 Å². The maximum atomic E-state index is 5.67. The van der Waals surface area contributed by atoms with Crippen molar-refractivity contribution >= 4 is 11.0 Å². The van der Waals surface area contributed by atoms with Crippen LogP contribution in [0.3, 0.4) is 0 Å². The third-order valence-corrected chi connectivity index (χ3v) is 3.83. The molecule has 1 unspecified atom stereocenters. The maximum absolute atomic E-state index is 5.67. The number of aromatic amines is 1. The standard InChI is InChI=1S/C15H19N5/c1-9(7-16)15-17-8-13(19-15)11-4-5-14-12(6-11)18-10(2)20(14)3/h4-6,8-9H,7,16H2,1-3H3,(H,17,19). The van der Waals surface area contributed by atoms with Gasteiger partial charge in [-0.25, -0.2) is 9.97 Å². The lowest BCUT2D eigenvalue weighted by atomic mass is 10.1. The summed E-state index contributed by atoms with van der Waals surface area (Å²) in [7, 11) is 2.03. The number of imidazole rings is 2.